The molecule has 476 valence electrons. The van der Waals surface area contributed by atoms with E-state index in [1.807, 2.05) is 61.9 Å². The number of unbranched alkanes of at least 4 members (excludes halogenated alkanes) is 2. The number of ketones is 1. The van der Waals surface area contributed by atoms with Crippen molar-refractivity contribution in [3.8, 4) is 43.4 Å². The Bertz CT molecular complexity index is 4000. The zero-order valence-corrected chi connectivity index (χ0v) is 55.1. The van der Waals surface area contributed by atoms with Crippen molar-refractivity contribution in [3.05, 3.63) is 111 Å². The molecule has 0 radical (unpaired) electrons. The summed E-state index contributed by atoms with van der Waals surface area (Å²) >= 11 is 7.44. The average Bonchev–Trinajstić information content (AvgIpc) is 1.76. The minimum Gasteiger partial charge on any atom is -0.481 e. The van der Waals surface area contributed by atoms with Crippen LogP contribution in [0, 0.1) is 18.8 Å². The molecule has 5 amide bonds. The first kappa shape index (κ1) is 65.8. The highest BCUT2D eigenvalue weighted by atomic mass is 32.1. The van der Waals surface area contributed by atoms with Crippen LogP contribution in [0.4, 0.5) is 10.6 Å². The summed E-state index contributed by atoms with van der Waals surface area (Å²) in [5.74, 6) is -5.55. The number of hydrogen-bond donors (Lipinski definition) is 6. The van der Waals surface area contributed by atoms with E-state index in [9.17, 15) is 48.6 Å². The monoisotopic (exact) mass is 1350 g/mol. The second kappa shape index (κ2) is 29.4. The predicted molar refractivity (Wildman–Crippen MR) is 346 cm³/mol. The number of ether oxygens (including phenoxy) is 2. The molecule has 2 aliphatic rings. The maximum atomic E-state index is 14.4. The third-order valence-corrected chi connectivity index (χ3v) is 21.2. The Morgan fingerprint density at radius 1 is 0.725 bits per heavy atom. The highest BCUT2D eigenvalue weighted by molar-refractivity contribution is 7.15. The minimum absolute atomic E-state index is 0.0230. The van der Waals surface area contributed by atoms with Crippen molar-refractivity contribution in [3.63, 3.8) is 0 Å². The summed E-state index contributed by atoms with van der Waals surface area (Å²) in [7, 11) is 2.98. The summed E-state index contributed by atoms with van der Waals surface area (Å²) in [6.07, 6.45) is 0.0972. The largest absolute Gasteiger partial charge is 0.481 e. The van der Waals surface area contributed by atoms with E-state index in [0.29, 0.717) is 87.4 Å². The summed E-state index contributed by atoms with van der Waals surface area (Å²) in [5.41, 5.74) is 3.35. The molecule has 1 aliphatic heterocycles. The Balaban J connectivity index is 1.03. The summed E-state index contributed by atoms with van der Waals surface area (Å²) < 4.78 is 11.3. The van der Waals surface area contributed by atoms with E-state index in [4.69, 9.17) is 44.4 Å². The van der Waals surface area contributed by atoms with Crippen LogP contribution in [-0.2, 0) is 35.3 Å². The van der Waals surface area contributed by atoms with E-state index < -0.39 is 78.2 Å². The molecule has 0 spiro atoms. The fourth-order valence-electron chi connectivity index (χ4n) is 10.3. The van der Waals surface area contributed by atoms with Gasteiger partial charge in [-0.2, -0.15) is 0 Å². The number of methoxy groups -OCH3 is 1. The van der Waals surface area contributed by atoms with Gasteiger partial charge >= 0.3 is 18.0 Å². The molecule has 0 saturated heterocycles. The highest BCUT2D eigenvalue weighted by Crippen LogP contribution is 2.42. The van der Waals surface area contributed by atoms with Crippen molar-refractivity contribution in [2.24, 2.45) is 11.8 Å². The van der Waals surface area contributed by atoms with Crippen LogP contribution in [0.3, 0.4) is 0 Å². The van der Waals surface area contributed by atoms with Crippen LogP contribution < -0.4 is 26.2 Å². The molecule has 10 bridgehead atoms. The normalized spacial score (nSPS) is 18.3. The maximum absolute atomic E-state index is 14.4. The van der Waals surface area contributed by atoms with Crippen LogP contribution in [0.5, 0.6) is 0 Å². The van der Waals surface area contributed by atoms with E-state index in [1.165, 1.54) is 87.1 Å². The number of hydrogen-bond acceptors (Lipinski definition) is 23. The summed E-state index contributed by atoms with van der Waals surface area (Å²) in [5, 5.41) is 39.8. The molecule has 1 unspecified atom stereocenters. The van der Waals surface area contributed by atoms with Crippen LogP contribution in [0.25, 0.3) is 43.4 Å². The number of carbonyl (C=O) groups is 8. The number of nitrogens with one attached hydrogen (secondary N) is 4. The van der Waals surface area contributed by atoms with Crippen molar-refractivity contribution in [1.29, 1.82) is 0 Å². The molecule has 24 nitrogen and oxygen atoms in total. The lowest BCUT2D eigenvalue weighted by molar-refractivity contribution is -0.148. The molecule has 8 heterocycles. The first-order chi connectivity index (χ1) is 43.7. The Hall–Kier alpha value is -8.13. The fourth-order valence-corrected chi connectivity index (χ4v) is 16.0. The molecule has 1 aliphatic carbocycles. The van der Waals surface area contributed by atoms with Crippen LogP contribution in [-0.4, -0.2) is 126 Å². The molecule has 8 aromatic rings. The predicted octanol–water partition coefficient (Wildman–Crippen LogP) is 10.7. The number of amides is 5. The second-order valence-corrected chi connectivity index (χ2v) is 28.0. The number of benzene rings is 1. The van der Waals surface area contributed by atoms with Gasteiger partial charge in [0.05, 0.1) is 53.2 Å². The van der Waals surface area contributed by atoms with Crippen LogP contribution >= 0.6 is 68.0 Å². The van der Waals surface area contributed by atoms with E-state index >= 15 is 0 Å². The summed E-state index contributed by atoms with van der Waals surface area (Å²) in [4.78, 5) is 144. The van der Waals surface area contributed by atoms with Crippen molar-refractivity contribution in [1.82, 2.24) is 56.2 Å². The number of fused-ring (bicyclic) bond motifs is 14. The van der Waals surface area contributed by atoms with Gasteiger partial charge < -0.3 is 41.0 Å². The molecule has 1 fully saturated rings. The van der Waals surface area contributed by atoms with Crippen molar-refractivity contribution in [2.45, 2.75) is 116 Å². The molecule has 6 N–H and O–H groups in total. The van der Waals surface area contributed by atoms with Gasteiger partial charge in [0, 0.05) is 77.3 Å². The summed E-state index contributed by atoms with van der Waals surface area (Å²) in [6, 6.07) is 11.5. The van der Waals surface area contributed by atoms with Crippen LogP contribution in [0.1, 0.15) is 158 Å². The first-order valence-corrected chi connectivity index (χ1v) is 34.3. The molecule has 4 atom stereocenters. The lowest BCUT2D eigenvalue weighted by atomic mass is 9.82. The number of pyridine rings is 1. The van der Waals surface area contributed by atoms with Crippen LogP contribution in [0.15, 0.2) is 64.0 Å². The number of Topliss-reactive ketones (excluding diaryl/α,β-unsaturated/α-hetero) is 1. The zero-order valence-electron chi connectivity index (χ0n) is 50.2. The highest BCUT2D eigenvalue weighted by Gasteiger charge is 2.39. The number of aromatic nitrogens is 7. The second-order valence-electron chi connectivity index (χ2n) is 22.1. The van der Waals surface area contributed by atoms with Gasteiger partial charge in [0.1, 0.15) is 71.1 Å². The van der Waals surface area contributed by atoms with E-state index in [2.05, 4.69) is 21.3 Å². The standard InChI is InChI=1S/C61H64N12O12S6/c1-29(2)36-21-42(74)49-31(4)90-58(71-49)38(22-45(75)62-5)65-52(79)40-26-86-54(67-40)35-16-17-37(56-69-44(28-89-56)73(18-12-8-11-15-47(77)78)61(83)85-34-19-33(20-34)60(81)82)64-50(35)39-25-87-57(66-39)41-27-88-59(68-41)48(30(3)32-13-9-7-10-14-32)70-46(76)23-63-53(80)51-43(24-84-6)91-55(36)72-51/h7,9-10,13-14,16-17,25-30,33-34,36,38,48H,8,11-12,15,18-24H2,1-6H3,(H,62,75)(H,63,80)(H,65,79)(H,70,76)(H,77,78)(H,81,82)/t30-,33?,34?,36?,38-,48-/m0/s1. The van der Waals surface area contributed by atoms with Gasteiger partial charge in [-0.3, -0.25) is 38.5 Å². The number of thiazole rings is 6. The lowest BCUT2D eigenvalue weighted by Crippen LogP contribution is -2.42. The SMILES string of the molecule is CNC(=O)C[C@@H]1NC(=O)c2csc(n2)-c2ccc(-c3nc(N(CCCCCC(=O)O)C(=O)OC4CC(C(=O)O)C4)cs3)nc2-c2csc(n2)-c2csc(n2)[C@H]([C@@H](C)c2ccccc2)NC(=O)CNC(=O)c2nc(sc2COC)C(C(C)C)CC(=O)c2nc1sc2C. The van der Waals surface area contributed by atoms with Gasteiger partial charge in [-0.05, 0) is 56.2 Å². The third-order valence-electron chi connectivity index (χ3n) is 15.4. The van der Waals surface area contributed by atoms with Gasteiger partial charge in [0.15, 0.2) is 5.78 Å². The van der Waals surface area contributed by atoms with E-state index in [-0.39, 0.29) is 85.8 Å². The molecule has 1 aromatic carbocycles. The summed E-state index contributed by atoms with van der Waals surface area (Å²) in [6.45, 7) is 7.42. The third kappa shape index (κ3) is 15.6. The Morgan fingerprint density at radius 2 is 1.44 bits per heavy atom. The number of nitrogens with zero attached hydrogens (tertiary/aromatic N) is 8. The smallest absolute Gasteiger partial charge is 0.415 e. The topological polar surface area (TPSA) is 337 Å². The van der Waals surface area contributed by atoms with Gasteiger partial charge in [-0.1, -0.05) is 57.5 Å². The van der Waals surface area contributed by atoms with E-state index in [1.54, 1.807) is 29.8 Å². The average molecular weight is 1350 g/mol. The van der Waals surface area contributed by atoms with Crippen molar-refractivity contribution in [2.75, 3.05) is 32.1 Å². The molecule has 30 heteroatoms. The quantitative estimate of drug-likeness (QED) is 0.0461. The van der Waals surface area contributed by atoms with Gasteiger partial charge in [-0.25, -0.2) is 39.7 Å². The minimum atomic E-state index is -0.980. The molecule has 10 rings (SSSR count). The lowest BCUT2D eigenvalue weighted by Gasteiger charge is -2.33. The van der Waals surface area contributed by atoms with Gasteiger partial charge in [0.2, 0.25) is 11.8 Å². The molecule has 91 heavy (non-hydrogen) atoms. The fraction of sp³-hybridized carbons (Fsp3) is 0.393. The zero-order chi connectivity index (χ0) is 64.6. The molecular weight excluding hydrogens is 1290 g/mol. The number of rotatable bonds is 17. The number of aliphatic carboxylic acids is 2. The number of carbonyl (C=O) groups excluding carboxylic acids is 6. The number of anilines is 1. The number of carboxylic acid groups (broad SMARTS) is 2. The van der Waals surface area contributed by atoms with Gasteiger partial charge in [0.25, 0.3) is 11.8 Å². The van der Waals surface area contributed by atoms with Crippen LogP contribution in [0.2, 0.25) is 0 Å². The van der Waals surface area contributed by atoms with Crippen molar-refractivity contribution >= 4 is 121 Å². The Labute approximate surface area is 546 Å². The Kier molecular flexibility index (Phi) is 21.3. The number of aryl methyl sites for hydroxylation is 1. The molecule has 7 aromatic heterocycles. The molecular formula is C61H64N12O12S6. The van der Waals surface area contributed by atoms with E-state index in [0.717, 1.165) is 5.56 Å². The molecule has 1 saturated carbocycles. The van der Waals surface area contributed by atoms with Crippen molar-refractivity contribution < 1.29 is 58.0 Å². The van der Waals surface area contributed by atoms with Gasteiger partial charge in [-0.15, -0.1) is 68.0 Å². The number of carboxylic acids is 2. The first-order valence-electron chi connectivity index (χ1n) is 29.2. The maximum Gasteiger partial charge on any atom is 0.415 e. The Morgan fingerprint density at radius 3 is 2.18 bits per heavy atom.